The number of hydrogen-bond acceptors (Lipinski definition) is 5. The summed E-state index contributed by atoms with van der Waals surface area (Å²) in [6.07, 6.45) is 0. The lowest BCUT2D eigenvalue weighted by molar-refractivity contribution is 0.280. The lowest BCUT2D eigenvalue weighted by Gasteiger charge is -2.25. The van der Waals surface area contributed by atoms with Gasteiger partial charge in [-0.2, -0.15) is 0 Å². The van der Waals surface area contributed by atoms with Gasteiger partial charge in [0.1, 0.15) is 11.5 Å². The first-order valence-corrected chi connectivity index (χ1v) is 5.45. The third kappa shape index (κ3) is 3.51. The highest BCUT2D eigenvalue weighted by Gasteiger charge is 2.12. The lowest BCUT2D eigenvalue weighted by atomic mass is 10.2. The molecule has 0 aromatic heterocycles. The first-order chi connectivity index (χ1) is 8.26. The van der Waals surface area contributed by atoms with Crippen LogP contribution in [0, 0.1) is 0 Å². The van der Waals surface area contributed by atoms with Crippen molar-refractivity contribution in [3.8, 4) is 11.5 Å². The van der Waals surface area contributed by atoms with E-state index in [2.05, 4.69) is 0 Å². The number of nitrogens with zero attached hydrogens (tertiary/aromatic N) is 1. The molecule has 0 spiro atoms. The number of benzene rings is 1. The maximum absolute atomic E-state index is 9.02. The number of ether oxygens (including phenoxy) is 2. The monoisotopic (exact) mass is 241 g/mol. The van der Waals surface area contributed by atoms with E-state index >= 15 is 0 Å². The van der Waals surface area contributed by atoms with Crippen LogP contribution in [-0.4, -0.2) is 50.7 Å². The van der Waals surface area contributed by atoms with Crippen LogP contribution in [0.3, 0.4) is 0 Å². The summed E-state index contributed by atoms with van der Waals surface area (Å²) in [6.45, 7) is 0.898. The van der Waals surface area contributed by atoms with Crippen LogP contribution in [0.15, 0.2) is 18.2 Å². The average Bonchev–Trinajstić information content (AvgIpc) is 2.37. The Bertz CT molecular complexity index is 337. The SMILES string of the molecule is COc1ccc(OC)c(N(CCO)CCO)c1. The number of methoxy groups -OCH3 is 2. The average molecular weight is 241 g/mol. The van der Waals surface area contributed by atoms with Crippen LogP contribution in [0.2, 0.25) is 0 Å². The second kappa shape index (κ2) is 6.98. The molecule has 2 N–H and O–H groups in total. The molecule has 0 saturated carbocycles. The largest absolute Gasteiger partial charge is 0.497 e. The normalized spacial score (nSPS) is 10.1. The molecule has 1 aromatic rings. The fourth-order valence-corrected chi connectivity index (χ4v) is 1.64. The van der Waals surface area contributed by atoms with Gasteiger partial charge in [0.25, 0.3) is 0 Å². The van der Waals surface area contributed by atoms with E-state index in [0.717, 1.165) is 5.69 Å². The zero-order chi connectivity index (χ0) is 12.7. The van der Waals surface area contributed by atoms with Crippen LogP contribution in [0.25, 0.3) is 0 Å². The number of aliphatic hydroxyl groups excluding tert-OH is 2. The van der Waals surface area contributed by atoms with Crippen molar-refractivity contribution in [1.82, 2.24) is 0 Å². The van der Waals surface area contributed by atoms with E-state index in [4.69, 9.17) is 19.7 Å². The molecule has 5 heteroatoms. The molecule has 5 nitrogen and oxygen atoms in total. The van der Waals surface area contributed by atoms with Gasteiger partial charge in [0.2, 0.25) is 0 Å². The fraction of sp³-hybridized carbons (Fsp3) is 0.500. The number of aliphatic hydroxyl groups is 2. The second-order valence-corrected chi connectivity index (χ2v) is 3.47. The molecule has 1 aromatic carbocycles. The molecule has 0 atom stereocenters. The third-order valence-corrected chi connectivity index (χ3v) is 2.47. The highest BCUT2D eigenvalue weighted by molar-refractivity contribution is 5.61. The molecular formula is C12H19NO4. The first-order valence-electron chi connectivity index (χ1n) is 5.45. The van der Waals surface area contributed by atoms with Crippen LogP contribution in [-0.2, 0) is 0 Å². The van der Waals surface area contributed by atoms with Crippen molar-refractivity contribution >= 4 is 5.69 Å². The van der Waals surface area contributed by atoms with Gasteiger partial charge in [-0.1, -0.05) is 0 Å². The van der Waals surface area contributed by atoms with Gasteiger partial charge in [-0.3, -0.25) is 0 Å². The maximum atomic E-state index is 9.02. The van der Waals surface area contributed by atoms with E-state index in [1.165, 1.54) is 0 Å². The van der Waals surface area contributed by atoms with E-state index in [1.54, 1.807) is 26.4 Å². The highest BCUT2D eigenvalue weighted by atomic mass is 16.5. The van der Waals surface area contributed by atoms with Gasteiger partial charge in [0.15, 0.2) is 0 Å². The molecule has 1 rings (SSSR count). The summed E-state index contributed by atoms with van der Waals surface area (Å²) in [5.74, 6) is 1.40. The Morgan fingerprint density at radius 1 is 1.06 bits per heavy atom. The molecular weight excluding hydrogens is 222 g/mol. The molecule has 0 amide bonds. The number of rotatable bonds is 7. The summed E-state index contributed by atoms with van der Waals surface area (Å²) >= 11 is 0. The van der Waals surface area contributed by atoms with Crippen LogP contribution in [0.5, 0.6) is 11.5 Å². The van der Waals surface area contributed by atoms with Crippen molar-refractivity contribution in [3.63, 3.8) is 0 Å². The van der Waals surface area contributed by atoms with Crippen molar-refractivity contribution in [1.29, 1.82) is 0 Å². The molecule has 0 bridgehead atoms. The standard InChI is InChI=1S/C12H19NO4/c1-16-10-3-4-12(17-2)11(9-10)13(5-7-14)6-8-15/h3-4,9,14-15H,5-8H2,1-2H3. The second-order valence-electron chi connectivity index (χ2n) is 3.47. The smallest absolute Gasteiger partial charge is 0.142 e. The predicted octanol–water partition coefficient (Wildman–Crippen LogP) is 0.495. The van der Waals surface area contributed by atoms with Crippen molar-refractivity contribution in [2.24, 2.45) is 0 Å². The minimum atomic E-state index is 0.0143. The van der Waals surface area contributed by atoms with E-state index in [0.29, 0.717) is 24.6 Å². The highest BCUT2D eigenvalue weighted by Crippen LogP contribution is 2.31. The van der Waals surface area contributed by atoms with E-state index < -0.39 is 0 Å². The van der Waals surface area contributed by atoms with E-state index in [1.807, 2.05) is 11.0 Å². The van der Waals surface area contributed by atoms with Gasteiger partial charge >= 0.3 is 0 Å². The van der Waals surface area contributed by atoms with E-state index in [-0.39, 0.29) is 13.2 Å². The quantitative estimate of drug-likeness (QED) is 0.727. The topological polar surface area (TPSA) is 62.2 Å². The summed E-state index contributed by atoms with van der Waals surface area (Å²) in [5.41, 5.74) is 0.801. The number of hydrogen-bond donors (Lipinski definition) is 2. The molecule has 0 heterocycles. The van der Waals surface area contributed by atoms with Crippen LogP contribution >= 0.6 is 0 Å². The molecule has 0 unspecified atom stereocenters. The van der Waals surface area contributed by atoms with Gasteiger partial charge in [0.05, 0.1) is 33.1 Å². The molecule has 0 fully saturated rings. The Kier molecular flexibility index (Phi) is 5.59. The van der Waals surface area contributed by atoms with Gasteiger partial charge in [-0.05, 0) is 12.1 Å². The van der Waals surface area contributed by atoms with Crippen molar-refractivity contribution in [3.05, 3.63) is 18.2 Å². The van der Waals surface area contributed by atoms with Gasteiger partial charge in [-0.25, -0.2) is 0 Å². The zero-order valence-corrected chi connectivity index (χ0v) is 10.2. The Morgan fingerprint density at radius 2 is 1.71 bits per heavy atom. The first kappa shape index (κ1) is 13.6. The zero-order valence-electron chi connectivity index (χ0n) is 10.2. The fourth-order valence-electron chi connectivity index (χ4n) is 1.64. The summed E-state index contributed by atoms with van der Waals surface area (Å²) < 4.78 is 10.4. The Balaban J connectivity index is 3.04. The summed E-state index contributed by atoms with van der Waals surface area (Å²) in [5, 5.41) is 18.0. The number of anilines is 1. The Morgan fingerprint density at radius 3 is 2.18 bits per heavy atom. The van der Waals surface area contributed by atoms with Gasteiger partial charge in [0, 0.05) is 19.2 Å². The van der Waals surface area contributed by atoms with Crippen LogP contribution in [0.1, 0.15) is 0 Å². The summed E-state index contributed by atoms with van der Waals surface area (Å²) in [6, 6.07) is 5.43. The van der Waals surface area contributed by atoms with Crippen molar-refractivity contribution in [2.45, 2.75) is 0 Å². The predicted molar refractivity (Wildman–Crippen MR) is 65.9 cm³/mol. The van der Waals surface area contributed by atoms with Crippen molar-refractivity contribution in [2.75, 3.05) is 45.4 Å². The van der Waals surface area contributed by atoms with Crippen LogP contribution in [0.4, 0.5) is 5.69 Å². The molecule has 0 aliphatic heterocycles. The van der Waals surface area contributed by atoms with Gasteiger partial charge in [-0.15, -0.1) is 0 Å². The minimum Gasteiger partial charge on any atom is -0.497 e. The Hall–Kier alpha value is -1.46. The molecule has 0 aliphatic rings. The van der Waals surface area contributed by atoms with E-state index in [9.17, 15) is 0 Å². The lowest BCUT2D eigenvalue weighted by Crippen LogP contribution is -2.30. The van der Waals surface area contributed by atoms with Crippen molar-refractivity contribution < 1.29 is 19.7 Å². The third-order valence-electron chi connectivity index (χ3n) is 2.47. The molecule has 0 aliphatic carbocycles. The minimum absolute atomic E-state index is 0.0143. The molecule has 0 saturated heterocycles. The summed E-state index contributed by atoms with van der Waals surface area (Å²) in [7, 11) is 3.18. The molecule has 0 radical (unpaired) electrons. The molecule has 17 heavy (non-hydrogen) atoms. The molecule has 96 valence electrons. The van der Waals surface area contributed by atoms with Crippen LogP contribution < -0.4 is 14.4 Å². The maximum Gasteiger partial charge on any atom is 0.142 e. The summed E-state index contributed by atoms with van der Waals surface area (Å²) in [4.78, 5) is 1.85. The Labute approximate surface area is 101 Å². The van der Waals surface area contributed by atoms with Gasteiger partial charge < -0.3 is 24.6 Å².